The van der Waals surface area contributed by atoms with Crippen molar-refractivity contribution in [3.05, 3.63) is 16.1 Å². The molecule has 0 bridgehead atoms. The lowest BCUT2D eigenvalue weighted by molar-refractivity contribution is -0.152. The molecule has 1 spiro atoms. The van der Waals surface area contributed by atoms with Crippen molar-refractivity contribution in [2.24, 2.45) is 0 Å². The predicted molar refractivity (Wildman–Crippen MR) is 84.4 cm³/mol. The molecule has 0 unspecified atom stereocenters. The third-order valence-corrected chi connectivity index (χ3v) is 5.80. The van der Waals surface area contributed by atoms with Gasteiger partial charge in [0.15, 0.2) is 0 Å². The lowest BCUT2D eigenvalue weighted by Gasteiger charge is -2.50. The largest absolute Gasteiger partial charge is 0.343 e. The van der Waals surface area contributed by atoms with Gasteiger partial charge in [0.05, 0.1) is 10.7 Å². The number of piperazine rings is 1. The monoisotopic (exact) mass is 308 g/mol. The average Bonchev–Trinajstić information content (AvgIpc) is 2.88. The van der Waals surface area contributed by atoms with Gasteiger partial charge in [-0.15, -0.1) is 11.3 Å². The minimum atomic E-state index is -0.262. The van der Waals surface area contributed by atoms with Crippen LogP contribution < -0.4 is 0 Å². The van der Waals surface area contributed by atoms with Gasteiger partial charge in [-0.2, -0.15) is 0 Å². The lowest BCUT2D eigenvalue weighted by atomic mass is 9.83. The second-order valence-electron chi connectivity index (χ2n) is 6.31. The van der Waals surface area contributed by atoms with Crippen LogP contribution in [0, 0.1) is 6.92 Å². The van der Waals surface area contributed by atoms with Gasteiger partial charge in [0.1, 0.15) is 5.54 Å². The number of nitrogens with zero attached hydrogens (tertiary/aromatic N) is 4. The number of thiazole rings is 1. The van der Waals surface area contributed by atoms with Crippen LogP contribution >= 0.6 is 11.3 Å². The number of carbonyl (C=O) groups is 1. The highest BCUT2D eigenvalue weighted by Crippen LogP contribution is 2.32. The maximum atomic E-state index is 12.6. The highest BCUT2D eigenvalue weighted by molar-refractivity contribution is 7.09. The molecule has 2 aliphatic heterocycles. The highest BCUT2D eigenvalue weighted by Gasteiger charge is 2.48. The minimum absolute atomic E-state index is 0.262. The SMILES string of the molecule is Cc1nc(CN2CCC3(CC2)C(=O)N(C)CCN3C)cs1. The van der Waals surface area contributed by atoms with Crippen LogP contribution in [0.3, 0.4) is 0 Å². The first-order chi connectivity index (χ1) is 10.0. The fraction of sp³-hybridized carbons (Fsp3) is 0.733. The Kier molecular flexibility index (Phi) is 4.03. The van der Waals surface area contributed by atoms with Crippen LogP contribution in [0.25, 0.3) is 0 Å². The maximum absolute atomic E-state index is 12.6. The summed E-state index contributed by atoms with van der Waals surface area (Å²) in [6, 6.07) is 0. The van der Waals surface area contributed by atoms with Gasteiger partial charge in [0.2, 0.25) is 5.91 Å². The number of carbonyl (C=O) groups excluding carboxylic acids is 1. The van der Waals surface area contributed by atoms with Crippen LogP contribution in [0.2, 0.25) is 0 Å². The number of aryl methyl sites for hydroxylation is 1. The Balaban J connectivity index is 1.65. The van der Waals surface area contributed by atoms with E-state index in [-0.39, 0.29) is 5.54 Å². The summed E-state index contributed by atoms with van der Waals surface area (Å²) in [4.78, 5) is 23.8. The van der Waals surface area contributed by atoms with Crippen molar-refractivity contribution in [2.45, 2.75) is 31.8 Å². The summed E-state index contributed by atoms with van der Waals surface area (Å²) in [5.74, 6) is 0.306. The maximum Gasteiger partial charge on any atom is 0.242 e. The summed E-state index contributed by atoms with van der Waals surface area (Å²) >= 11 is 1.71. The van der Waals surface area contributed by atoms with Gasteiger partial charge in [0.25, 0.3) is 0 Å². The number of aromatic nitrogens is 1. The third-order valence-electron chi connectivity index (χ3n) is 4.98. The summed E-state index contributed by atoms with van der Waals surface area (Å²) < 4.78 is 0. The van der Waals surface area contributed by atoms with Gasteiger partial charge in [0, 0.05) is 45.2 Å². The van der Waals surface area contributed by atoms with Crippen LogP contribution in [-0.4, -0.2) is 71.4 Å². The van der Waals surface area contributed by atoms with E-state index in [9.17, 15) is 4.79 Å². The van der Waals surface area contributed by atoms with Crippen LogP contribution in [-0.2, 0) is 11.3 Å². The molecule has 116 valence electrons. The van der Waals surface area contributed by atoms with Crippen molar-refractivity contribution in [1.29, 1.82) is 0 Å². The van der Waals surface area contributed by atoms with E-state index in [0.717, 1.165) is 56.3 Å². The number of likely N-dealkylation sites (tertiary alicyclic amines) is 1. The first-order valence-corrected chi connectivity index (χ1v) is 8.49. The van der Waals surface area contributed by atoms with Crippen molar-refractivity contribution < 1.29 is 4.79 Å². The van der Waals surface area contributed by atoms with Gasteiger partial charge in [-0.05, 0) is 26.8 Å². The molecule has 5 nitrogen and oxygen atoms in total. The van der Waals surface area contributed by atoms with Crippen molar-refractivity contribution in [2.75, 3.05) is 40.3 Å². The third kappa shape index (κ3) is 2.72. The topological polar surface area (TPSA) is 39.7 Å². The van der Waals surface area contributed by atoms with Crippen LogP contribution in [0.5, 0.6) is 0 Å². The molecule has 1 aromatic rings. The van der Waals surface area contributed by atoms with Crippen molar-refractivity contribution in [1.82, 2.24) is 19.7 Å². The molecule has 2 saturated heterocycles. The summed E-state index contributed by atoms with van der Waals surface area (Å²) in [5, 5.41) is 3.27. The Morgan fingerprint density at radius 1 is 1.24 bits per heavy atom. The van der Waals surface area contributed by atoms with Crippen molar-refractivity contribution in [3.8, 4) is 0 Å². The molecule has 2 aliphatic rings. The summed E-state index contributed by atoms with van der Waals surface area (Å²) in [7, 11) is 4.03. The van der Waals surface area contributed by atoms with Crippen molar-refractivity contribution >= 4 is 17.2 Å². The zero-order valence-corrected chi connectivity index (χ0v) is 13.9. The Bertz CT molecular complexity index is 521. The smallest absolute Gasteiger partial charge is 0.242 e. The van der Waals surface area contributed by atoms with Crippen molar-refractivity contribution in [3.63, 3.8) is 0 Å². The second-order valence-corrected chi connectivity index (χ2v) is 7.38. The van der Waals surface area contributed by atoms with Gasteiger partial charge in [-0.25, -0.2) is 4.98 Å². The number of hydrogen-bond acceptors (Lipinski definition) is 5. The summed E-state index contributed by atoms with van der Waals surface area (Å²) in [5.41, 5.74) is 0.899. The minimum Gasteiger partial charge on any atom is -0.343 e. The Hall–Kier alpha value is -0.980. The molecule has 0 aliphatic carbocycles. The zero-order chi connectivity index (χ0) is 15.0. The molecular weight excluding hydrogens is 284 g/mol. The molecule has 3 rings (SSSR count). The Morgan fingerprint density at radius 2 is 1.95 bits per heavy atom. The first-order valence-electron chi connectivity index (χ1n) is 7.61. The molecule has 0 N–H and O–H groups in total. The number of hydrogen-bond donors (Lipinski definition) is 0. The van der Waals surface area contributed by atoms with Gasteiger partial charge < -0.3 is 4.90 Å². The molecule has 0 saturated carbocycles. The van der Waals surface area contributed by atoms with E-state index in [1.807, 2.05) is 18.9 Å². The molecule has 6 heteroatoms. The van der Waals surface area contributed by atoms with E-state index in [1.54, 1.807) is 11.3 Å². The van der Waals surface area contributed by atoms with E-state index < -0.39 is 0 Å². The zero-order valence-electron chi connectivity index (χ0n) is 13.1. The number of piperidine rings is 1. The van der Waals surface area contributed by atoms with E-state index in [0.29, 0.717) is 5.91 Å². The molecule has 0 aromatic carbocycles. The molecule has 21 heavy (non-hydrogen) atoms. The second kappa shape index (κ2) is 5.66. The standard InChI is InChI=1S/C15H24N4OS/c1-12-16-13(11-21-12)10-19-6-4-15(5-7-19)14(20)17(2)8-9-18(15)3/h11H,4-10H2,1-3H3. The Labute approximate surface area is 130 Å². The number of rotatable bonds is 2. The van der Waals surface area contributed by atoms with Gasteiger partial charge in [-0.3, -0.25) is 14.6 Å². The van der Waals surface area contributed by atoms with E-state index in [2.05, 4.69) is 27.2 Å². The van der Waals surface area contributed by atoms with Gasteiger partial charge >= 0.3 is 0 Å². The molecule has 0 atom stereocenters. The van der Waals surface area contributed by atoms with E-state index in [4.69, 9.17) is 0 Å². The van der Waals surface area contributed by atoms with E-state index >= 15 is 0 Å². The number of likely N-dealkylation sites (N-methyl/N-ethyl adjacent to an activating group) is 2. The molecule has 1 amide bonds. The molecule has 2 fully saturated rings. The molecule has 3 heterocycles. The molecular formula is C15H24N4OS. The lowest BCUT2D eigenvalue weighted by Crippen LogP contribution is -2.66. The van der Waals surface area contributed by atoms with Crippen LogP contribution in [0.1, 0.15) is 23.5 Å². The first kappa shape index (κ1) is 14.9. The normalized spacial score (nSPS) is 24.0. The predicted octanol–water partition coefficient (Wildman–Crippen LogP) is 1.19. The molecule has 0 radical (unpaired) electrons. The average molecular weight is 308 g/mol. The van der Waals surface area contributed by atoms with E-state index in [1.165, 1.54) is 0 Å². The van der Waals surface area contributed by atoms with Crippen LogP contribution in [0.4, 0.5) is 0 Å². The number of amides is 1. The quantitative estimate of drug-likeness (QED) is 0.823. The Morgan fingerprint density at radius 3 is 2.57 bits per heavy atom. The highest BCUT2D eigenvalue weighted by atomic mass is 32.1. The molecule has 1 aromatic heterocycles. The fourth-order valence-corrected chi connectivity index (χ4v) is 4.12. The fourth-order valence-electron chi connectivity index (χ4n) is 3.52. The van der Waals surface area contributed by atoms with Gasteiger partial charge in [-0.1, -0.05) is 0 Å². The summed E-state index contributed by atoms with van der Waals surface area (Å²) in [6.45, 7) is 6.73. The van der Waals surface area contributed by atoms with Crippen LogP contribution in [0.15, 0.2) is 5.38 Å². The summed E-state index contributed by atoms with van der Waals surface area (Å²) in [6.07, 6.45) is 1.85.